The lowest BCUT2D eigenvalue weighted by molar-refractivity contribution is 0.106. The highest BCUT2D eigenvalue weighted by Gasteiger charge is 2.10. The minimum Gasteiger partial charge on any atom is -0.377 e. The highest BCUT2D eigenvalue weighted by Crippen LogP contribution is 2.18. The van der Waals surface area contributed by atoms with Gasteiger partial charge in [0.15, 0.2) is 0 Å². The Labute approximate surface area is 234 Å². The summed E-state index contributed by atoms with van der Waals surface area (Å²) in [5.41, 5.74) is 2.76. The number of carbonyl (C=O) groups is 2. The molecule has 0 saturated heterocycles. The predicted molar refractivity (Wildman–Crippen MR) is 160 cm³/mol. The Morgan fingerprint density at radius 3 is 1.05 bits per heavy atom. The van der Waals surface area contributed by atoms with Crippen LogP contribution in [0.2, 0.25) is 0 Å². The molecule has 38 heavy (non-hydrogen) atoms. The molecule has 1 aromatic rings. The Balaban J connectivity index is 2.20. The summed E-state index contributed by atoms with van der Waals surface area (Å²) in [5.74, 6) is 0. The zero-order valence-corrected chi connectivity index (χ0v) is 24.9. The maximum absolute atomic E-state index is 11.7. The molecular weight excluding hydrogens is 472 g/mol. The normalized spacial score (nSPS) is 11.2. The molecule has 218 valence electrons. The Hall–Kier alpha value is -1.52. The van der Waals surface area contributed by atoms with Gasteiger partial charge in [-0.1, -0.05) is 129 Å². The van der Waals surface area contributed by atoms with E-state index in [1.54, 1.807) is 12.1 Å². The van der Waals surface area contributed by atoms with Gasteiger partial charge in [-0.3, -0.25) is 9.59 Å². The lowest BCUT2D eigenvalue weighted by Gasteiger charge is -2.12. The van der Waals surface area contributed by atoms with Crippen LogP contribution in [-0.4, -0.2) is 25.8 Å². The van der Waals surface area contributed by atoms with E-state index in [0.717, 1.165) is 36.5 Å². The molecule has 0 aliphatic heterocycles. The molecule has 0 aliphatic carbocycles. The minimum absolute atomic E-state index is 0.367. The van der Waals surface area contributed by atoms with Crippen LogP contribution in [0.3, 0.4) is 0 Å². The van der Waals surface area contributed by atoms with Crippen molar-refractivity contribution in [3.8, 4) is 0 Å². The topological polar surface area (TPSA) is 52.6 Å². The fourth-order valence-electron chi connectivity index (χ4n) is 4.94. The van der Waals surface area contributed by atoms with Crippen LogP contribution in [-0.2, 0) is 22.7 Å². The fraction of sp³-hybridized carbons (Fsp3) is 0.765. The van der Waals surface area contributed by atoms with Gasteiger partial charge in [0.1, 0.15) is 12.6 Å². The Kier molecular flexibility index (Phi) is 23.4. The van der Waals surface area contributed by atoms with E-state index in [1.165, 1.54) is 116 Å². The van der Waals surface area contributed by atoms with Gasteiger partial charge < -0.3 is 9.47 Å². The van der Waals surface area contributed by atoms with Crippen molar-refractivity contribution >= 4 is 12.6 Å². The van der Waals surface area contributed by atoms with Crippen molar-refractivity contribution in [3.63, 3.8) is 0 Å². The Bertz CT molecular complexity index is 640. The molecule has 1 aromatic carbocycles. The second-order valence-corrected chi connectivity index (χ2v) is 11.0. The van der Waals surface area contributed by atoms with Gasteiger partial charge >= 0.3 is 0 Å². The monoisotopic (exact) mass is 530 g/mol. The largest absolute Gasteiger partial charge is 0.377 e. The van der Waals surface area contributed by atoms with Crippen molar-refractivity contribution < 1.29 is 19.1 Å². The van der Waals surface area contributed by atoms with E-state index >= 15 is 0 Å². The predicted octanol–water partition coefficient (Wildman–Crippen LogP) is 10.2. The SMILES string of the molecule is CCCCCCCCCCCCOCc1cc(C=O)c(COCCCCCCCCCCCC)cc1C=O. The van der Waals surface area contributed by atoms with Crippen LogP contribution in [0.25, 0.3) is 0 Å². The first-order valence-electron chi connectivity index (χ1n) is 16.0. The number of rotatable bonds is 28. The number of benzene rings is 1. The lowest BCUT2D eigenvalue weighted by Crippen LogP contribution is -2.05. The summed E-state index contributed by atoms with van der Waals surface area (Å²) >= 11 is 0. The standard InChI is InChI=1S/C34H58O4/c1-3-5-7-9-11-13-15-17-19-21-23-37-29-33-25-32(28-36)34(26-31(33)27-35)30-38-24-22-20-18-16-14-12-10-8-6-4-2/h25-28H,3-24,29-30H2,1-2H3. The number of hydrogen-bond acceptors (Lipinski definition) is 4. The molecule has 0 bridgehead atoms. The highest BCUT2D eigenvalue weighted by atomic mass is 16.5. The average Bonchev–Trinajstić information content (AvgIpc) is 2.94. The summed E-state index contributed by atoms with van der Waals surface area (Å²) in [7, 11) is 0. The van der Waals surface area contributed by atoms with E-state index in [1.807, 2.05) is 0 Å². The van der Waals surface area contributed by atoms with E-state index in [2.05, 4.69) is 13.8 Å². The van der Waals surface area contributed by atoms with Crippen LogP contribution in [0.15, 0.2) is 12.1 Å². The van der Waals surface area contributed by atoms with E-state index in [4.69, 9.17) is 9.47 Å². The highest BCUT2D eigenvalue weighted by molar-refractivity contribution is 5.83. The first-order chi connectivity index (χ1) is 18.8. The third-order valence-electron chi connectivity index (χ3n) is 7.45. The van der Waals surface area contributed by atoms with Crippen molar-refractivity contribution in [2.45, 2.75) is 155 Å². The maximum Gasteiger partial charge on any atom is 0.150 e. The smallest absolute Gasteiger partial charge is 0.150 e. The van der Waals surface area contributed by atoms with E-state index < -0.39 is 0 Å². The third-order valence-corrected chi connectivity index (χ3v) is 7.45. The molecule has 0 saturated carbocycles. The Morgan fingerprint density at radius 1 is 0.474 bits per heavy atom. The first-order valence-corrected chi connectivity index (χ1v) is 16.0. The van der Waals surface area contributed by atoms with Gasteiger partial charge in [-0.25, -0.2) is 0 Å². The molecule has 0 aliphatic rings. The number of unbranched alkanes of at least 4 members (excludes halogenated alkanes) is 18. The van der Waals surface area contributed by atoms with Crippen LogP contribution >= 0.6 is 0 Å². The summed E-state index contributed by atoms with van der Waals surface area (Å²) in [6, 6.07) is 3.60. The number of carbonyl (C=O) groups excluding carboxylic acids is 2. The van der Waals surface area contributed by atoms with Crippen molar-refractivity contribution in [2.75, 3.05) is 13.2 Å². The zero-order chi connectivity index (χ0) is 27.5. The van der Waals surface area contributed by atoms with Gasteiger partial charge in [0, 0.05) is 24.3 Å². The molecule has 0 heterocycles. The number of hydrogen-bond donors (Lipinski definition) is 0. The van der Waals surface area contributed by atoms with Gasteiger partial charge in [0.05, 0.1) is 13.2 Å². The molecule has 0 aromatic heterocycles. The van der Waals surface area contributed by atoms with Crippen LogP contribution in [0.1, 0.15) is 174 Å². The average molecular weight is 531 g/mol. The Morgan fingerprint density at radius 2 is 0.763 bits per heavy atom. The van der Waals surface area contributed by atoms with Crippen LogP contribution in [0, 0.1) is 0 Å². The van der Waals surface area contributed by atoms with Gasteiger partial charge in [-0.2, -0.15) is 0 Å². The number of ether oxygens (including phenoxy) is 2. The lowest BCUT2D eigenvalue weighted by atomic mass is 10.00. The zero-order valence-electron chi connectivity index (χ0n) is 24.9. The first kappa shape index (κ1) is 34.5. The summed E-state index contributed by atoms with van der Waals surface area (Å²) in [6.45, 7) is 6.63. The molecular formula is C34H58O4. The summed E-state index contributed by atoms with van der Waals surface area (Å²) < 4.78 is 11.7. The molecule has 0 unspecified atom stereocenters. The van der Waals surface area contributed by atoms with Crippen LogP contribution < -0.4 is 0 Å². The van der Waals surface area contributed by atoms with E-state index in [-0.39, 0.29) is 0 Å². The van der Waals surface area contributed by atoms with Crippen molar-refractivity contribution in [3.05, 3.63) is 34.4 Å². The molecule has 0 amide bonds. The second-order valence-electron chi connectivity index (χ2n) is 11.0. The molecule has 0 radical (unpaired) electrons. The minimum atomic E-state index is 0.367. The van der Waals surface area contributed by atoms with Gasteiger partial charge in [-0.05, 0) is 36.1 Å². The molecule has 4 nitrogen and oxygen atoms in total. The molecule has 0 spiro atoms. The summed E-state index contributed by atoms with van der Waals surface area (Å²) in [5, 5.41) is 0. The molecule has 0 N–H and O–H groups in total. The van der Waals surface area contributed by atoms with Crippen LogP contribution in [0.5, 0.6) is 0 Å². The number of aldehydes is 2. The quantitative estimate of drug-likeness (QED) is 0.0798. The van der Waals surface area contributed by atoms with Crippen molar-refractivity contribution in [1.82, 2.24) is 0 Å². The molecule has 1 rings (SSSR count). The van der Waals surface area contributed by atoms with E-state index in [9.17, 15) is 9.59 Å². The third kappa shape index (κ3) is 17.9. The van der Waals surface area contributed by atoms with Gasteiger partial charge in [-0.15, -0.1) is 0 Å². The van der Waals surface area contributed by atoms with Gasteiger partial charge in [0.25, 0.3) is 0 Å². The second kappa shape index (κ2) is 25.7. The van der Waals surface area contributed by atoms with Crippen molar-refractivity contribution in [1.29, 1.82) is 0 Å². The molecule has 0 atom stereocenters. The summed E-state index contributed by atoms with van der Waals surface area (Å²) in [6.07, 6.45) is 27.6. The molecule has 4 heteroatoms. The van der Waals surface area contributed by atoms with Gasteiger partial charge in [0.2, 0.25) is 0 Å². The van der Waals surface area contributed by atoms with Crippen molar-refractivity contribution in [2.24, 2.45) is 0 Å². The fourth-order valence-corrected chi connectivity index (χ4v) is 4.94. The maximum atomic E-state index is 11.7. The molecule has 0 fully saturated rings. The van der Waals surface area contributed by atoms with E-state index in [0.29, 0.717) is 37.6 Å². The summed E-state index contributed by atoms with van der Waals surface area (Å²) in [4.78, 5) is 23.4. The van der Waals surface area contributed by atoms with Crippen LogP contribution in [0.4, 0.5) is 0 Å².